The Kier molecular flexibility index (Phi) is 252. The van der Waals surface area contributed by atoms with Crippen LogP contribution < -0.4 is 0 Å². The standard InChI is InChI=1S/Al.Ba.Co.Li.Na.Ni.7H. The number of hydrogen-bond donors (Lipinski definition) is 0. The van der Waals surface area contributed by atoms with Gasteiger partial charge in [-0.3, -0.25) is 0 Å². The quantitative estimate of drug-likeness (QED) is 0.409. The maximum absolute atomic E-state index is 0. The smallest absolute Gasteiger partial charge is 0 e. The van der Waals surface area contributed by atoms with Gasteiger partial charge < -0.3 is 0 Å². The van der Waals surface area contributed by atoms with Crippen molar-refractivity contribution < 1.29 is 33.3 Å². The second-order valence-corrected chi connectivity index (χ2v) is 0. The first-order chi connectivity index (χ1) is 0. The van der Waals surface area contributed by atoms with Gasteiger partial charge in [-0.2, -0.15) is 0 Å². The zero-order chi connectivity index (χ0) is 0. The van der Waals surface area contributed by atoms with Gasteiger partial charge in [0.2, 0.25) is 0 Å². The summed E-state index contributed by atoms with van der Waals surface area (Å²) < 4.78 is 0. The zero-order valence-corrected chi connectivity index (χ0v) is 2.68. The second-order valence-electron chi connectivity index (χ2n) is 0. The van der Waals surface area contributed by atoms with Crippen molar-refractivity contribution in [3.63, 3.8) is 0 Å². The molecule has 0 aromatic heterocycles. The van der Waals surface area contributed by atoms with Gasteiger partial charge in [-0.05, 0) is 0 Å². The van der Waals surface area contributed by atoms with E-state index in [1.165, 1.54) is 0 Å². The van der Waals surface area contributed by atoms with Crippen LogP contribution >= 0.6 is 0 Å². The van der Waals surface area contributed by atoms with E-state index in [-0.39, 0.29) is 148 Å². The largest absolute Gasteiger partial charge is 0 e. The van der Waals surface area contributed by atoms with Crippen molar-refractivity contribution in [1.82, 2.24) is 0 Å². The Balaban J connectivity index is 0. The zero-order valence-electron chi connectivity index (χ0n) is 0.650. The van der Waals surface area contributed by atoms with Gasteiger partial charge in [0.15, 0.2) is 17.4 Å². The average Bonchev–Trinajstić information content (AvgIpc) is 0. The fourth-order valence-corrected chi connectivity index (χ4v) is 0. The molecule has 0 nitrogen and oxygen atoms in total. The molecule has 0 saturated heterocycles. The second kappa shape index (κ2) is 33.2. The van der Waals surface area contributed by atoms with Gasteiger partial charge in [-0.1, -0.05) is 0 Å². The molecule has 1 radical (unpaired) electrons. The average molecular weight is 319 g/mol. The van der Waals surface area contributed by atoms with Crippen LogP contribution in [0.25, 0.3) is 0 Å². The summed E-state index contributed by atoms with van der Waals surface area (Å²) in [6.07, 6.45) is 0. The molecule has 0 bridgehead atoms. The van der Waals surface area contributed by atoms with Crippen LogP contribution in [-0.4, -0.2) is 115 Å². The molecule has 0 unspecified atom stereocenters. The third-order valence-electron chi connectivity index (χ3n) is 0. The summed E-state index contributed by atoms with van der Waals surface area (Å²) in [5.74, 6) is 0. The molecule has 0 saturated carbocycles. The molecule has 0 aliphatic heterocycles. The predicted molar refractivity (Wildman–Crippen MR) is 32.8 cm³/mol. The van der Waals surface area contributed by atoms with Crippen LogP contribution in [0.4, 0.5) is 0 Å². The molecule has 6 heteroatoms. The SMILES string of the molecule is [AlH3].[BaH2].[Co].[LiH].[NaH].[Ni]. The molecular formula is H7AlBaCoLiNaNi. The van der Waals surface area contributed by atoms with E-state index in [4.69, 9.17) is 0 Å². The first kappa shape index (κ1) is 45.6. The molecule has 0 amide bonds. The van der Waals surface area contributed by atoms with E-state index in [1.807, 2.05) is 0 Å². The maximum atomic E-state index is 0. The number of hydrogen-bond acceptors (Lipinski definition) is 0. The summed E-state index contributed by atoms with van der Waals surface area (Å²) in [4.78, 5) is 0. The van der Waals surface area contributed by atoms with Gasteiger partial charge >= 0.3 is 97.3 Å². The summed E-state index contributed by atoms with van der Waals surface area (Å²) in [7, 11) is 0. The fourth-order valence-electron chi connectivity index (χ4n) is 0. The minimum Gasteiger partial charge on any atom is 0 e. The molecule has 0 fully saturated rings. The molecule has 0 aliphatic carbocycles. The molecular weight excluding hydrogens is 312 g/mol. The van der Waals surface area contributed by atoms with Crippen LogP contribution in [0.5, 0.6) is 0 Å². The van der Waals surface area contributed by atoms with Crippen molar-refractivity contribution in [2.45, 2.75) is 0 Å². The van der Waals surface area contributed by atoms with Crippen molar-refractivity contribution in [2.24, 2.45) is 0 Å². The molecule has 0 N–H and O–H groups in total. The van der Waals surface area contributed by atoms with Gasteiger partial charge in [0.25, 0.3) is 0 Å². The monoisotopic (exact) mass is 319 g/mol. The van der Waals surface area contributed by atoms with E-state index in [2.05, 4.69) is 0 Å². The number of rotatable bonds is 0. The van der Waals surface area contributed by atoms with E-state index in [1.54, 1.807) is 0 Å². The van der Waals surface area contributed by atoms with Crippen LogP contribution in [0.15, 0.2) is 0 Å². The predicted octanol–water partition coefficient (Wildman–Crippen LogP) is -3.40. The minimum absolute atomic E-state index is 0. The van der Waals surface area contributed by atoms with Crippen molar-refractivity contribution in [1.29, 1.82) is 0 Å². The summed E-state index contributed by atoms with van der Waals surface area (Å²) >= 11 is 0. The van der Waals surface area contributed by atoms with E-state index in [0.717, 1.165) is 0 Å². The van der Waals surface area contributed by atoms with Crippen LogP contribution in [0.1, 0.15) is 0 Å². The van der Waals surface area contributed by atoms with Crippen molar-refractivity contribution in [2.75, 3.05) is 0 Å². The summed E-state index contributed by atoms with van der Waals surface area (Å²) in [6.45, 7) is 0. The Labute approximate surface area is 144 Å². The molecule has 0 aromatic rings. The van der Waals surface area contributed by atoms with Gasteiger partial charge in [-0.15, -0.1) is 0 Å². The normalized spacial score (nSPS) is 0. The Morgan fingerprint density at radius 2 is 1.00 bits per heavy atom. The van der Waals surface area contributed by atoms with Crippen molar-refractivity contribution >= 4 is 115 Å². The Bertz CT molecular complexity index is 15.5. The fraction of sp³-hybridized carbons (Fsp3) is 0. The summed E-state index contributed by atoms with van der Waals surface area (Å²) in [6, 6.07) is 0. The minimum atomic E-state index is 0. The van der Waals surface area contributed by atoms with Gasteiger partial charge in [0.1, 0.15) is 0 Å². The molecule has 0 atom stereocenters. The summed E-state index contributed by atoms with van der Waals surface area (Å²) in [5.41, 5.74) is 0. The van der Waals surface area contributed by atoms with Gasteiger partial charge in [0, 0.05) is 33.3 Å². The van der Waals surface area contributed by atoms with Crippen molar-refractivity contribution in [3.05, 3.63) is 0 Å². The van der Waals surface area contributed by atoms with E-state index < -0.39 is 0 Å². The van der Waals surface area contributed by atoms with Crippen LogP contribution in [-0.2, 0) is 33.3 Å². The molecule has 33 valence electrons. The molecule has 0 rings (SSSR count). The van der Waals surface area contributed by atoms with Crippen LogP contribution in [0.2, 0.25) is 0 Å². The molecule has 0 spiro atoms. The van der Waals surface area contributed by atoms with Crippen LogP contribution in [0, 0.1) is 0 Å². The summed E-state index contributed by atoms with van der Waals surface area (Å²) in [5, 5.41) is 0. The van der Waals surface area contributed by atoms with Crippen LogP contribution in [0.3, 0.4) is 0 Å². The van der Waals surface area contributed by atoms with Gasteiger partial charge in [0.05, 0.1) is 0 Å². The van der Waals surface area contributed by atoms with E-state index in [0.29, 0.717) is 0 Å². The Morgan fingerprint density at radius 1 is 1.00 bits per heavy atom. The molecule has 6 heavy (non-hydrogen) atoms. The van der Waals surface area contributed by atoms with E-state index in [9.17, 15) is 0 Å². The maximum Gasteiger partial charge on any atom is 0 e. The third kappa shape index (κ3) is 23.3. The van der Waals surface area contributed by atoms with Crippen molar-refractivity contribution in [3.8, 4) is 0 Å². The molecule has 0 aliphatic rings. The molecule has 0 heterocycles. The third-order valence-corrected chi connectivity index (χ3v) is 0. The van der Waals surface area contributed by atoms with E-state index >= 15 is 0 Å². The molecule has 0 aromatic carbocycles. The first-order valence-corrected chi connectivity index (χ1v) is 0. The first-order valence-electron chi connectivity index (χ1n) is 0. The Morgan fingerprint density at radius 3 is 1.00 bits per heavy atom. The Hall–Kier alpha value is 4.70. The topological polar surface area (TPSA) is 0 Å². The van der Waals surface area contributed by atoms with Gasteiger partial charge in [-0.25, -0.2) is 0 Å².